The van der Waals surface area contributed by atoms with Crippen LogP contribution in [0, 0.1) is 23.7 Å². The van der Waals surface area contributed by atoms with Crippen molar-refractivity contribution in [2.75, 3.05) is 6.61 Å². The van der Waals surface area contributed by atoms with Gasteiger partial charge in [-0.3, -0.25) is 0 Å². The van der Waals surface area contributed by atoms with E-state index in [0.29, 0.717) is 5.92 Å². The third kappa shape index (κ3) is 2.43. The smallest absolute Gasteiger partial charge is 0.0686 e. The zero-order valence-electron chi connectivity index (χ0n) is 12.7. The van der Waals surface area contributed by atoms with Crippen LogP contribution < -0.4 is 0 Å². The number of aliphatic hydroxyl groups excluding tert-OH is 1. The fourth-order valence-corrected chi connectivity index (χ4v) is 5.93. The Hall–Kier alpha value is -0.0800. The van der Waals surface area contributed by atoms with Crippen molar-refractivity contribution in [2.24, 2.45) is 23.7 Å². The van der Waals surface area contributed by atoms with Gasteiger partial charge < -0.3 is 9.84 Å². The van der Waals surface area contributed by atoms with E-state index in [1.54, 1.807) is 0 Å². The summed E-state index contributed by atoms with van der Waals surface area (Å²) in [5.41, 5.74) is 0.165. The summed E-state index contributed by atoms with van der Waals surface area (Å²) in [5.74, 6) is 3.31. The van der Waals surface area contributed by atoms with E-state index in [2.05, 4.69) is 0 Å². The fraction of sp³-hybridized carbons (Fsp3) is 1.00. The standard InChI is InChI=1S/C18H30O2/c19-17(11-16-10-13-3-4-14(16)9-13)15-5-8-20-18(12-15)6-1-2-7-18/h13-17,19H,1-12H2. The van der Waals surface area contributed by atoms with Crippen molar-refractivity contribution in [2.45, 2.75) is 82.3 Å². The molecule has 0 radical (unpaired) electrons. The Kier molecular flexibility index (Phi) is 3.58. The summed E-state index contributed by atoms with van der Waals surface area (Å²) in [7, 11) is 0. The molecule has 5 atom stereocenters. The first-order valence-electron chi connectivity index (χ1n) is 9.06. The van der Waals surface area contributed by atoms with Gasteiger partial charge in [0.2, 0.25) is 0 Å². The van der Waals surface area contributed by atoms with Crippen molar-refractivity contribution in [3.05, 3.63) is 0 Å². The van der Waals surface area contributed by atoms with Gasteiger partial charge in [0.15, 0.2) is 0 Å². The molecule has 2 heteroatoms. The van der Waals surface area contributed by atoms with Crippen LogP contribution in [0.25, 0.3) is 0 Å². The molecule has 3 saturated carbocycles. The lowest BCUT2D eigenvalue weighted by Crippen LogP contribution is -2.41. The Bertz CT molecular complexity index is 347. The van der Waals surface area contributed by atoms with Crippen molar-refractivity contribution < 1.29 is 9.84 Å². The van der Waals surface area contributed by atoms with Crippen LogP contribution in [0.5, 0.6) is 0 Å². The molecule has 1 heterocycles. The van der Waals surface area contributed by atoms with E-state index in [9.17, 15) is 5.11 Å². The van der Waals surface area contributed by atoms with Gasteiger partial charge in [-0.05, 0) is 75.0 Å². The second kappa shape index (κ2) is 5.28. The van der Waals surface area contributed by atoms with Crippen LogP contribution in [-0.4, -0.2) is 23.4 Å². The van der Waals surface area contributed by atoms with Gasteiger partial charge in [0, 0.05) is 6.61 Å². The molecule has 114 valence electrons. The Balaban J connectivity index is 1.35. The maximum Gasteiger partial charge on any atom is 0.0686 e. The summed E-state index contributed by atoms with van der Waals surface area (Å²) in [5, 5.41) is 10.8. The number of fused-ring (bicyclic) bond motifs is 2. The molecule has 2 bridgehead atoms. The summed E-state index contributed by atoms with van der Waals surface area (Å²) in [6.07, 6.45) is 14.2. The van der Waals surface area contributed by atoms with E-state index < -0.39 is 0 Å². The van der Waals surface area contributed by atoms with E-state index in [1.165, 1.54) is 51.4 Å². The number of hydrogen-bond donors (Lipinski definition) is 1. The third-order valence-corrected chi connectivity index (χ3v) is 7.02. The van der Waals surface area contributed by atoms with Crippen LogP contribution >= 0.6 is 0 Å². The molecule has 1 aliphatic heterocycles. The largest absolute Gasteiger partial charge is 0.393 e. The second-order valence-electron chi connectivity index (χ2n) is 8.23. The van der Waals surface area contributed by atoms with Crippen molar-refractivity contribution >= 4 is 0 Å². The van der Waals surface area contributed by atoms with E-state index >= 15 is 0 Å². The molecule has 3 aliphatic carbocycles. The molecule has 0 aromatic rings. The summed E-state index contributed by atoms with van der Waals surface area (Å²) in [6.45, 7) is 0.887. The Labute approximate surface area is 123 Å². The molecule has 0 aromatic heterocycles. The predicted octanol–water partition coefficient (Wildman–Crippen LogP) is 3.91. The molecule has 2 nitrogen and oxygen atoms in total. The number of rotatable bonds is 3. The van der Waals surface area contributed by atoms with Crippen LogP contribution in [0.2, 0.25) is 0 Å². The molecular weight excluding hydrogens is 248 g/mol. The minimum atomic E-state index is -0.0549. The zero-order valence-corrected chi connectivity index (χ0v) is 12.7. The van der Waals surface area contributed by atoms with Gasteiger partial charge >= 0.3 is 0 Å². The Morgan fingerprint density at radius 1 is 1.10 bits per heavy atom. The maximum atomic E-state index is 10.8. The van der Waals surface area contributed by atoms with Gasteiger partial charge in [-0.1, -0.05) is 19.3 Å². The number of ether oxygens (including phenoxy) is 1. The van der Waals surface area contributed by atoms with Crippen molar-refractivity contribution in [1.29, 1.82) is 0 Å². The third-order valence-electron chi connectivity index (χ3n) is 7.02. The Morgan fingerprint density at radius 3 is 2.65 bits per heavy atom. The molecule has 1 N–H and O–H groups in total. The highest BCUT2D eigenvalue weighted by Crippen LogP contribution is 2.51. The zero-order chi connectivity index (χ0) is 13.6. The maximum absolute atomic E-state index is 10.8. The molecule has 1 spiro atoms. The van der Waals surface area contributed by atoms with Gasteiger partial charge in [0.05, 0.1) is 11.7 Å². The minimum Gasteiger partial charge on any atom is -0.393 e. The lowest BCUT2D eigenvalue weighted by molar-refractivity contribution is -0.115. The normalized spacial score (nSPS) is 44.2. The quantitative estimate of drug-likeness (QED) is 0.848. The summed E-state index contributed by atoms with van der Waals surface area (Å²) < 4.78 is 6.12. The monoisotopic (exact) mass is 278 g/mol. The van der Waals surface area contributed by atoms with Crippen molar-refractivity contribution in [3.63, 3.8) is 0 Å². The first kappa shape index (κ1) is 13.6. The van der Waals surface area contributed by atoms with E-state index in [1.807, 2.05) is 0 Å². The molecule has 5 unspecified atom stereocenters. The number of hydrogen-bond acceptors (Lipinski definition) is 2. The topological polar surface area (TPSA) is 29.5 Å². The van der Waals surface area contributed by atoms with Crippen LogP contribution in [0.3, 0.4) is 0 Å². The highest BCUT2D eigenvalue weighted by Gasteiger charge is 2.44. The van der Waals surface area contributed by atoms with Gasteiger partial charge in [0.25, 0.3) is 0 Å². The highest BCUT2D eigenvalue weighted by molar-refractivity contribution is 4.95. The first-order chi connectivity index (χ1) is 9.74. The number of aliphatic hydroxyl groups is 1. The van der Waals surface area contributed by atoms with Crippen LogP contribution in [0.1, 0.15) is 70.6 Å². The van der Waals surface area contributed by atoms with Gasteiger partial charge in [0.1, 0.15) is 0 Å². The van der Waals surface area contributed by atoms with Crippen molar-refractivity contribution in [3.8, 4) is 0 Å². The second-order valence-corrected chi connectivity index (χ2v) is 8.23. The summed E-state index contributed by atoms with van der Waals surface area (Å²) in [4.78, 5) is 0. The lowest BCUT2D eigenvalue weighted by atomic mass is 9.77. The predicted molar refractivity (Wildman–Crippen MR) is 79.4 cm³/mol. The average molecular weight is 278 g/mol. The van der Waals surface area contributed by atoms with Gasteiger partial charge in [-0.25, -0.2) is 0 Å². The fourth-order valence-electron chi connectivity index (χ4n) is 5.93. The van der Waals surface area contributed by atoms with Crippen LogP contribution in [0.4, 0.5) is 0 Å². The Morgan fingerprint density at radius 2 is 1.95 bits per heavy atom. The first-order valence-corrected chi connectivity index (χ1v) is 9.06. The van der Waals surface area contributed by atoms with E-state index in [4.69, 9.17) is 4.74 Å². The van der Waals surface area contributed by atoms with Gasteiger partial charge in [-0.15, -0.1) is 0 Å². The van der Waals surface area contributed by atoms with Crippen molar-refractivity contribution in [1.82, 2.24) is 0 Å². The summed E-state index contributed by atoms with van der Waals surface area (Å²) in [6, 6.07) is 0. The lowest BCUT2D eigenvalue weighted by Gasteiger charge is -2.41. The molecule has 1 saturated heterocycles. The minimum absolute atomic E-state index is 0.0549. The SMILES string of the molecule is OC(CC1CC2CCC1C2)C1CCOC2(CCCC2)C1. The molecule has 4 aliphatic rings. The average Bonchev–Trinajstić information content (AvgIpc) is 3.16. The van der Waals surface area contributed by atoms with Gasteiger partial charge in [-0.2, -0.15) is 0 Å². The van der Waals surface area contributed by atoms with Crippen LogP contribution in [-0.2, 0) is 4.74 Å². The molecule has 4 rings (SSSR count). The highest BCUT2D eigenvalue weighted by atomic mass is 16.5. The molecular formula is C18H30O2. The van der Waals surface area contributed by atoms with E-state index in [-0.39, 0.29) is 11.7 Å². The molecule has 4 fully saturated rings. The van der Waals surface area contributed by atoms with Crippen LogP contribution in [0.15, 0.2) is 0 Å². The molecule has 0 aromatic carbocycles. The summed E-state index contributed by atoms with van der Waals surface area (Å²) >= 11 is 0. The molecule has 0 amide bonds. The molecule has 20 heavy (non-hydrogen) atoms. The van der Waals surface area contributed by atoms with E-state index in [0.717, 1.165) is 43.6 Å².